The van der Waals surface area contributed by atoms with Crippen LogP contribution >= 0.6 is 0 Å². The molecule has 36 heavy (non-hydrogen) atoms. The molecular weight excluding hydrogens is 474 g/mol. The molecule has 1 atom stereocenters. The van der Waals surface area contributed by atoms with Crippen molar-refractivity contribution in [2.75, 3.05) is 23.7 Å². The Balaban J connectivity index is 2.45. The summed E-state index contributed by atoms with van der Waals surface area (Å²) in [6.45, 7) is 11.4. The van der Waals surface area contributed by atoms with Gasteiger partial charge in [-0.05, 0) is 56.7 Å². The summed E-state index contributed by atoms with van der Waals surface area (Å²) in [6.07, 6.45) is 2.06. The van der Waals surface area contributed by atoms with Gasteiger partial charge >= 0.3 is 0 Å². The van der Waals surface area contributed by atoms with E-state index >= 15 is 0 Å². The van der Waals surface area contributed by atoms with Crippen molar-refractivity contribution < 1.29 is 18.0 Å². The summed E-state index contributed by atoms with van der Waals surface area (Å²) in [6, 6.07) is 16.2. The van der Waals surface area contributed by atoms with Crippen LogP contribution in [0.2, 0.25) is 0 Å². The lowest BCUT2D eigenvalue weighted by Gasteiger charge is -2.35. The normalized spacial score (nSPS) is 12.8. The molecule has 2 rings (SSSR count). The van der Waals surface area contributed by atoms with Crippen LogP contribution in [-0.2, 0) is 26.0 Å². The molecule has 0 heterocycles. The number of carbonyl (C=O) groups excluding carboxylic acids is 2. The van der Waals surface area contributed by atoms with E-state index in [4.69, 9.17) is 0 Å². The van der Waals surface area contributed by atoms with Gasteiger partial charge in [-0.1, -0.05) is 69.3 Å². The number of hydrogen-bond donors (Lipinski definition) is 1. The zero-order chi connectivity index (χ0) is 27.1. The van der Waals surface area contributed by atoms with E-state index in [1.165, 1.54) is 4.90 Å². The number of sulfonamides is 1. The highest BCUT2D eigenvalue weighted by molar-refractivity contribution is 7.92. The Morgan fingerprint density at radius 2 is 1.56 bits per heavy atom. The molecule has 8 heteroatoms. The predicted octanol–water partition coefficient (Wildman–Crippen LogP) is 4.34. The second-order valence-corrected chi connectivity index (χ2v) is 12.4. The molecule has 1 N–H and O–H groups in total. The summed E-state index contributed by atoms with van der Waals surface area (Å²) >= 11 is 0. The predicted molar refractivity (Wildman–Crippen MR) is 147 cm³/mol. The minimum Gasteiger partial charge on any atom is -0.350 e. The summed E-state index contributed by atoms with van der Waals surface area (Å²) in [4.78, 5) is 28.5. The number of para-hydroxylation sites is 1. The maximum atomic E-state index is 13.8. The average Bonchev–Trinajstić information content (AvgIpc) is 2.78. The molecule has 2 amide bonds. The van der Waals surface area contributed by atoms with Gasteiger partial charge in [0.05, 0.1) is 11.9 Å². The molecule has 2 aromatic rings. The van der Waals surface area contributed by atoms with Crippen molar-refractivity contribution in [1.29, 1.82) is 0 Å². The Labute approximate surface area is 216 Å². The third-order valence-corrected chi connectivity index (χ3v) is 7.00. The number of amides is 2. The largest absolute Gasteiger partial charge is 0.350 e. The van der Waals surface area contributed by atoms with Crippen LogP contribution in [0.4, 0.5) is 5.69 Å². The van der Waals surface area contributed by atoms with E-state index < -0.39 is 27.5 Å². The quantitative estimate of drug-likeness (QED) is 0.482. The first kappa shape index (κ1) is 29.4. The third-order valence-electron chi connectivity index (χ3n) is 5.87. The Hall–Kier alpha value is -2.87. The van der Waals surface area contributed by atoms with E-state index in [0.717, 1.165) is 21.7 Å². The van der Waals surface area contributed by atoms with Crippen LogP contribution in [0, 0.1) is 0 Å². The second kappa shape index (κ2) is 12.4. The smallest absolute Gasteiger partial charge is 0.244 e. The molecule has 0 aliphatic heterocycles. The molecule has 0 fully saturated rings. The standard InChI is InChI=1S/C28H41N3O4S/c1-8-24(27(33)29-28(4,5)6)30(19-18-22-14-10-9-11-15-22)26(32)20-31(36(7,34)35)25-17-13-12-16-23(25)21(2)3/h9-17,21,24H,8,18-20H2,1-7H3,(H,29,33)/t24-/m1/s1. The first-order valence-electron chi connectivity index (χ1n) is 12.5. The van der Waals surface area contributed by atoms with E-state index in [2.05, 4.69) is 5.32 Å². The summed E-state index contributed by atoms with van der Waals surface area (Å²) in [5.41, 5.74) is 1.89. The van der Waals surface area contributed by atoms with E-state index in [9.17, 15) is 18.0 Å². The van der Waals surface area contributed by atoms with Crippen LogP contribution in [0.5, 0.6) is 0 Å². The fourth-order valence-corrected chi connectivity index (χ4v) is 5.01. The number of anilines is 1. The summed E-state index contributed by atoms with van der Waals surface area (Å²) in [7, 11) is -3.77. The van der Waals surface area contributed by atoms with Crippen LogP contribution < -0.4 is 9.62 Å². The van der Waals surface area contributed by atoms with Gasteiger partial charge in [-0.3, -0.25) is 13.9 Å². The van der Waals surface area contributed by atoms with Crippen LogP contribution in [0.1, 0.15) is 65.0 Å². The van der Waals surface area contributed by atoms with Gasteiger partial charge in [-0.25, -0.2) is 8.42 Å². The van der Waals surface area contributed by atoms with Gasteiger partial charge in [0.1, 0.15) is 12.6 Å². The van der Waals surface area contributed by atoms with Gasteiger partial charge in [-0.2, -0.15) is 0 Å². The highest BCUT2D eigenvalue weighted by Crippen LogP contribution is 2.29. The van der Waals surface area contributed by atoms with Crippen molar-refractivity contribution in [1.82, 2.24) is 10.2 Å². The molecule has 2 aromatic carbocycles. The highest BCUT2D eigenvalue weighted by atomic mass is 32.2. The van der Waals surface area contributed by atoms with Crippen molar-refractivity contribution in [3.8, 4) is 0 Å². The first-order chi connectivity index (χ1) is 16.7. The van der Waals surface area contributed by atoms with Crippen LogP contribution in [0.3, 0.4) is 0 Å². The third kappa shape index (κ3) is 8.36. The van der Waals surface area contributed by atoms with E-state index in [1.54, 1.807) is 12.1 Å². The number of nitrogens with one attached hydrogen (secondary N) is 1. The van der Waals surface area contributed by atoms with Gasteiger partial charge in [0.15, 0.2) is 0 Å². The topological polar surface area (TPSA) is 86.8 Å². The minimum atomic E-state index is -3.77. The zero-order valence-corrected chi connectivity index (χ0v) is 23.4. The molecule has 0 bridgehead atoms. The fourth-order valence-electron chi connectivity index (χ4n) is 4.15. The van der Waals surface area contributed by atoms with Crippen LogP contribution in [0.25, 0.3) is 0 Å². The molecule has 0 saturated carbocycles. The van der Waals surface area contributed by atoms with E-state index in [0.29, 0.717) is 25.1 Å². The molecule has 0 aliphatic rings. The van der Waals surface area contributed by atoms with E-state index in [1.807, 2.05) is 84.0 Å². The minimum absolute atomic E-state index is 0.0655. The molecule has 0 saturated heterocycles. The average molecular weight is 516 g/mol. The molecule has 0 radical (unpaired) electrons. The monoisotopic (exact) mass is 515 g/mol. The number of nitrogens with zero attached hydrogens (tertiary/aromatic N) is 2. The molecule has 0 unspecified atom stereocenters. The maximum absolute atomic E-state index is 13.8. The zero-order valence-electron chi connectivity index (χ0n) is 22.6. The molecular formula is C28H41N3O4S. The molecule has 0 aliphatic carbocycles. The van der Waals surface area contributed by atoms with Crippen LogP contribution in [-0.4, -0.2) is 56.1 Å². The van der Waals surface area contributed by atoms with Crippen molar-refractivity contribution in [3.05, 3.63) is 65.7 Å². The van der Waals surface area contributed by atoms with Gasteiger partial charge in [0.2, 0.25) is 21.8 Å². The van der Waals surface area contributed by atoms with Gasteiger partial charge in [0.25, 0.3) is 0 Å². The van der Waals surface area contributed by atoms with E-state index in [-0.39, 0.29) is 18.4 Å². The summed E-state index contributed by atoms with van der Waals surface area (Å²) < 4.78 is 26.9. The summed E-state index contributed by atoms with van der Waals surface area (Å²) in [5, 5.41) is 2.98. The summed E-state index contributed by atoms with van der Waals surface area (Å²) in [5.74, 6) is -0.596. The lowest BCUT2D eigenvalue weighted by Crippen LogP contribution is -2.56. The van der Waals surface area contributed by atoms with Gasteiger partial charge in [-0.15, -0.1) is 0 Å². The van der Waals surface area contributed by atoms with Crippen molar-refractivity contribution in [2.24, 2.45) is 0 Å². The number of benzene rings is 2. The first-order valence-corrected chi connectivity index (χ1v) is 14.3. The maximum Gasteiger partial charge on any atom is 0.244 e. The Morgan fingerprint density at radius 1 is 0.972 bits per heavy atom. The Kier molecular flexibility index (Phi) is 10.1. The SMILES string of the molecule is CC[C@H](C(=O)NC(C)(C)C)N(CCc1ccccc1)C(=O)CN(c1ccccc1C(C)C)S(C)(=O)=O. The fraction of sp³-hybridized carbons (Fsp3) is 0.500. The van der Waals surface area contributed by atoms with Crippen molar-refractivity contribution in [3.63, 3.8) is 0 Å². The molecule has 7 nitrogen and oxygen atoms in total. The van der Waals surface area contributed by atoms with Gasteiger partial charge < -0.3 is 10.2 Å². The molecule has 0 spiro atoms. The molecule has 198 valence electrons. The Morgan fingerprint density at radius 3 is 2.08 bits per heavy atom. The van der Waals surface area contributed by atoms with Crippen molar-refractivity contribution in [2.45, 2.75) is 71.9 Å². The highest BCUT2D eigenvalue weighted by Gasteiger charge is 2.33. The number of hydrogen-bond acceptors (Lipinski definition) is 4. The Bertz CT molecular complexity index is 1120. The lowest BCUT2D eigenvalue weighted by molar-refractivity contribution is -0.140. The van der Waals surface area contributed by atoms with Crippen LogP contribution in [0.15, 0.2) is 54.6 Å². The molecule has 0 aromatic heterocycles. The second-order valence-electron chi connectivity index (χ2n) is 10.5. The number of carbonyl (C=O) groups is 2. The van der Waals surface area contributed by atoms with Gasteiger partial charge in [0, 0.05) is 12.1 Å². The van der Waals surface area contributed by atoms with Crippen molar-refractivity contribution >= 4 is 27.5 Å². The number of rotatable bonds is 11. The lowest BCUT2D eigenvalue weighted by atomic mass is 10.0.